The molecule has 5 nitrogen and oxygen atoms in total. The first-order chi connectivity index (χ1) is 9.06. The maximum absolute atomic E-state index is 12.5. The summed E-state index contributed by atoms with van der Waals surface area (Å²) in [6.07, 6.45) is 5.87. The van der Waals surface area contributed by atoms with Crippen molar-refractivity contribution in [2.24, 2.45) is 17.6 Å². The number of hydrogen-bond donors (Lipinski definition) is 2. The van der Waals surface area contributed by atoms with Crippen LogP contribution in [0.5, 0.6) is 0 Å². The molecule has 0 spiro atoms. The number of carbonyl (C=O) groups is 2. The molecular weight excluding hydrogens is 244 g/mol. The number of fused-ring (bicyclic) bond motifs is 1. The third-order valence-electron chi connectivity index (χ3n) is 4.69. The summed E-state index contributed by atoms with van der Waals surface area (Å²) in [5, 5.41) is 9.38. The lowest BCUT2D eigenvalue weighted by molar-refractivity contribution is -0.160. The predicted octanol–water partition coefficient (Wildman–Crippen LogP) is 1.22. The minimum atomic E-state index is -0.874. The molecule has 108 valence electrons. The van der Waals surface area contributed by atoms with Crippen LogP contribution >= 0.6 is 0 Å². The molecule has 1 saturated carbocycles. The average molecular weight is 268 g/mol. The largest absolute Gasteiger partial charge is 0.480 e. The molecule has 3 N–H and O–H groups in total. The van der Waals surface area contributed by atoms with E-state index in [1.807, 2.05) is 0 Å². The van der Waals surface area contributed by atoms with Crippen LogP contribution in [-0.4, -0.2) is 40.5 Å². The van der Waals surface area contributed by atoms with E-state index in [-0.39, 0.29) is 24.4 Å². The number of nitrogens with two attached hydrogens (primary N) is 1. The Kier molecular flexibility index (Phi) is 4.45. The second-order valence-corrected chi connectivity index (χ2v) is 5.93. The molecule has 4 atom stereocenters. The van der Waals surface area contributed by atoms with Crippen LogP contribution in [0.4, 0.5) is 0 Å². The molecule has 1 heterocycles. The van der Waals surface area contributed by atoms with Gasteiger partial charge in [0, 0.05) is 18.5 Å². The molecule has 0 bridgehead atoms. The summed E-state index contributed by atoms with van der Waals surface area (Å²) in [5.74, 6) is -0.756. The Hall–Kier alpha value is -1.10. The highest BCUT2D eigenvalue weighted by Gasteiger charge is 2.44. The highest BCUT2D eigenvalue weighted by Crippen LogP contribution is 2.38. The van der Waals surface area contributed by atoms with Crippen LogP contribution < -0.4 is 5.73 Å². The van der Waals surface area contributed by atoms with Gasteiger partial charge in [-0.1, -0.05) is 19.8 Å². The highest BCUT2D eigenvalue weighted by atomic mass is 16.4. The second kappa shape index (κ2) is 5.90. The summed E-state index contributed by atoms with van der Waals surface area (Å²) < 4.78 is 0. The van der Waals surface area contributed by atoms with Gasteiger partial charge in [0.05, 0.1) is 0 Å². The van der Waals surface area contributed by atoms with Crippen molar-refractivity contribution in [1.82, 2.24) is 4.90 Å². The van der Waals surface area contributed by atoms with E-state index in [9.17, 15) is 14.7 Å². The Bertz CT molecular complexity index is 359. The molecule has 1 amide bonds. The number of carbonyl (C=O) groups excluding carboxylic acids is 1. The van der Waals surface area contributed by atoms with Crippen molar-refractivity contribution < 1.29 is 14.7 Å². The van der Waals surface area contributed by atoms with Crippen LogP contribution in [-0.2, 0) is 9.59 Å². The predicted molar refractivity (Wildman–Crippen MR) is 71.5 cm³/mol. The Morgan fingerprint density at radius 1 is 1.26 bits per heavy atom. The molecule has 19 heavy (non-hydrogen) atoms. The van der Waals surface area contributed by atoms with Crippen LogP contribution in [0.15, 0.2) is 0 Å². The molecule has 1 saturated heterocycles. The number of aliphatic carboxylic acids is 1. The van der Waals surface area contributed by atoms with Crippen molar-refractivity contribution in [3.8, 4) is 0 Å². The molecule has 2 fully saturated rings. The number of piperidine rings is 1. The standard InChI is InChI=1S/C14H24N2O3/c1-9(8-15)13(17)16-11-5-3-2-4-10(11)6-7-12(16)14(18)19/h9-12H,2-8,15H2,1H3,(H,18,19). The zero-order chi connectivity index (χ0) is 14.0. The highest BCUT2D eigenvalue weighted by molar-refractivity contribution is 5.85. The topological polar surface area (TPSA) is 83.6 Å². The normalized spacial score (nSPS) is 32.5. The number of carboxylic acids is 1. The number of hydrogen-bond acceptors (Lipinski definition) is 3. The quantitative estimate of drug-likeness (QED) is 0.806. The Balaban J connectivity index is 2.23. The monoisotopic (exact) mass is 268 g/mol. The number of amides is 1. The number of rotatable bonds is 3. The first-order valence-electron chi connectivity index (χ1n) is 7.31. The Labute approximate surface area is 114 Å². The molecule has 1 aliphatic carbocycles. The lowest BCUT2D eigenvalue weighted by Gasteiger charge is -2.47. The van der Waals surface area contributed by atoms with Gasteiger partial charge in [-0.05, 0) is 31.6 Å². The summed E-state index contributed by atoms with van der Waals surface area (Å²) in [7, 11) is 0. The van der Waals surface area contributed by atoms with Crippen LogP contribution in [0, 0.1) is 11.8 Å². The van der Waals surface area contributed by atoms with Gasteiger partial charge in [-0.3, -0.25) is 4.79 Å². The van der Waals surface area contributed by atoms with Gasteiger partial charge < -0.3 is 15.7 Å². The van der Waals surface area contributed by atoms with Gasteiger partial charge in [-0.25, -0.2) is 4.79 Å². The summed E-state index contributed by atoms with van der Waals surface area (Å²) in [5.41, 5.74) is 5.57. The molecule has 0 aromatic carbocycles. The molecule has 1 aliphatic heterocycles. The molecule has 2 aliphatic rings. The van der Waals surface area contributed by atoms with Gasteiger partial charge in [0.1, 0.15) is 6.04 Å². The SMILES string of the molecule is CC(CN)C(=O)N1C(C(=O)O)CCC2CCCCC21. The minimum absolute atomic E-state index is 0.0773. The fourth-order valence-electron chi connectivity index (χ4n) is 3.55. The van der Waals surface area contributed by atoms with Crippen LogP contribution in [0.1, 0.15) is 45.4 Å². The summed E-state index contributed by atoms with van der Waals surface area (Å²) in [4.78, 5) is 25.6. The van der Waals surface area contributed by atoms with Gasteiger partial charge in [0.25, 0.3) is 0 Å². The molecule has 2 rings (SSSR count). The van der Waals surface area contributed by atoms with Gasteiger partial charge in [0.15, 0.2) is 0 Å². The summed E-state index contributed by atoms with van der Waals surface area (Å²) >= 11 is 0. The summed E-state index contributed by atoms with van der Waals surface area (Å²) in [6, 6.07) is -0.536. The second-order valence-electron chi connectivity index (χ2n) is 5.93. The van der Waals surface area contributed by atoms with E-state index >= 15 is 0 Å². The zero-order valence-electron chi connectivity index (χ0n) is 11.5. The first kappa shape index (κ1) is 14.3. The number of likely N-dealkylation sites (tertiary alicyclic amines) is 1. The van der Waals surface area contributed by atoms with Crippen LogP contribution in [0.25, 0.3) is 0 Å². The zero-order valence-corrected chi connectivity index (χ0v) is 11.5. The molecule has 5 heteroatoms. The third kappa shape index (κ3) is 2.76. The van der Waals surface area contributed by atoms with Gasteiger partial charge in [0.2, 0.25) is 5.91 Å². The summed E-state index contributed by atoms with van der Waals surface area (Å²) in [6.45, 7) is 2.06. The molecular formula is C14H24N2O3. The van der Waals surface area contributed by atoms with Crippen molar-refractivity contribution >= 4 is 11.9 Å². The van der Waals surface area contributed by atoms with E-state index in [0.29, 0.717) is 12.3 Å². The fourth-order valence-corrected chi connectivity index (χ4v) is 3.55. The Morgan fingerprint density at radius 2 is 1.95 bits per heavy atom. The first-order valence-corrected chi connectivity index (χ1v) is 7.31. The van der Waals surface area contributed by atoms with Crippen molar-refractivity contribution in [2.75, 3.05) is 6.54 Å². The number of nitrogens with zero attached hydrogens (tertiary/aromatic N) is 1. The Morgan fingerprint density at radius 3 is 2.58 bits per heavy atom. The lowest BCUT2D eigenvalue weighted by atomic mass is 9.76. The third-order valence-corrected chi connectivity index (χ3v) is 4.69. The van der Waals surface area contributed by atoms with Crippen molar-refractivity contribution in [1.29, 1.82) is 0 Å². The van der Waals surface area contributed by atoms with E-state index in [2.05, 4.69) is 0 Å². The van der Waals surface area contributed by atoms with Crippen LogP contribution in [0.3, 0.4) is 0 Å². The van der Waals surface area contributed by atoms with Gasteiger partial charge in [-0.15, -0.1) is 0 Å². The van der Waals surface area contributed by atoms with Crippen LogP contribution in [0.2, 0.25) is 0 Å². The number of carboxylic acid groups (broad SMARTS) is 1. The van der Waals surface area contributed by atoms with E-state index in [1.54, 1.807) is 11.8 Å². The fraction of sp³-hybridized carbons (Fsp3) is 0.857. The van der Waals surface area contributed by atoms with Crippen molar-refractivity contribution in [2.45, 2.75) is 57.5 Å². The van der Waals surface area contributed by atoms with Crippen molar-refractivity contribution in [3.63, 3.8) is 0 Å². The van der Waals surface area contributed by atoms with Crippen molar-refractivity contribution in [3.05, 3.63) is 0 Å². The smallest absolute Gasteiger partial charge is 0.326 e. The van der Waals surface area contributed by atoms with Gasteiger partial charge in [-0.2, -0.15) is 0 Å². The van der Waals surface area contributed by atoms with E-state index in [0.717, 1.165) is 25.7 Å². The molecule has 0 aromatic heterocycles. The average Bonchev–Trinajstić information content (AvgIpc) is 2.44. The van der Waals surface area contributed by atoms with Gasteiger partial charge >= 0.3 is 5.97 Å². The molecule has 0 radical (unpaired) electrons. The van der Waals surface area contributed by atoms with E-state index in [4.69, 9.17) is 5.73 Å². The maximum Gasteiger partial charge on any atom is 0.326 e. The molecule has 4 unspecified atom stereocenters. The maximum atomic E-state index is 12.5. The minimum Gasteiger partial charge on any atom is -0.480 e. The van der Waals surface area contributed by atoms with E-state index < -0.39 is 12.0 Å². The van der Waals surface area contributed by atoms with E-state index in [1.165, 1.54) is 6.42 Å². The lowest BCUT2D eigenvalue weighted by Crippen LogP contribution is -2.59. The molecule has 0 aromatic rings.